The van der Waals surface area contributed by atoms with Crippen LogP contribution >= 0.6 is 0 Å². The Morgan fingerprint density at radius 2 is 2.05 bits per heavy atom. The third kappa shape index (κ3) is 2.25. The van der Waals surface area contributed by atoms with Crippen molar-refractivity contribution < 1.29 is 4.92 Å². The molecule has 3 rings (SSSR count). The molecule has 4 heteroatoms. The van der Waals surface area contributed by atoms with E-state index in [1.165, 1.54) is 11.1 Å². The molecular formula is C16H16N2O2. The molecule has 0 aliphatic heterocycles. The number of hydrogen-bond donors (Lipinski definition) is 1. The third-order valence-corrected chi connectivity index (χ3v) is 3.81. The molecule has 0 bridgehead atoms. The van der Waals surface area contributed by atoms with E-state index in [0.717, 1.165) is 18.4 Å². The summed E-state index contributed by atoms with van der Waals surface area (Å²) < 4.78 is 0. The molecule has 0 spiro atoms. The van der Waals surface area contributed by atoms with E-state index >= 15 is 0 Å². The highest BCUT2D eigenvalue weighted by molar-refractivity contribution is 5.64. The number of anilines is 1. The van der Waals surface area contributed by atoms with Crippen molar-refractivity contribution in [1.82, 2.24) is 0 Å². The molecule has 1 aliphatic rings. The summed E-state index contributed by atoms with van der Waals surface area (Å²) in [5, 5.41) is 14.5. The summed E-state index contributed by atoms with van der Waals surface area (Å²) in [4.78, 5) is 10.8. The second-order valence-corrected chi connectivity index (χ2v) is 5.21. The van der Waals surface area contributed by atoms with Crippen molar-refractivity contribution in [1.29, 1.82) is 0 Å². The lowest BCUT2D eigenvalue weighted by molar-refractivity contribution is -0.384. The van der Waals surface area contributed by atoms with Crippen LogP contribution in [0.1, 0.15) is 29.2 Å². The lowest BCUT2D eigenvalue weighted by Gasteiger charge is -2.16. The van der Waals surface area contributed by atoms with Crippen LogP contribution in [-0.4, -0.2) is 4.92 Å². The first-order valence-corrected chi connectivity index (χ1v) is 6.74. The van der Waals surface area contributed by atoms with Crippen molar-refractivity contribution in [3.8, 4) is 0 Å². The summed E-state index contributed by atoms with van der Waals surface area (Å²) in [5.74, 6) is 0. The smallest absolute Gasteiger partial charge is 0.292 e. The van der Waals surface area contributed by atoms with Gasteiger partial charge in [0.2, 0.25) is 0 Å². The Bertz CT molecular complexity index is 667. The molecule has 0 aromatic heterocycles. The van der Waals surface area contributed by atoms with Crippen LogP contribution in [-0.2, 0) is 6.42 Å². The van der Waals surface area contributed by atoms with Gasteiger partial charge in [-0.15, -0.1) is 0 Å². The molecule has 0 heterocycles. The second-order valence-electron chi connectivity index (χ2n) is 5.21. The van der Waals surface area contributed by atoms with Gasteiger partial charge in [-0.3, -0.25) is 10.1 Å². The van der Waals surface area contributed by atoms with Crippen molar-refractivity contribution >= 4 is 11.4 Å². The minimum atomic E-state index is -0.331. The van der Waals surface area contributed by atoms with Gasteiger partial charge in [-0.1, -0.05) is 30.3 Å². The molecule has 0 amide bonds. The van der Waals surface area contributed by atoms with E-state index < -0.39 is 0 Å². The highest BCUT2D eigenvalue weighted by atomic mass is 16.6. The number of aryl methyl sites for hydroxylation is 2. The van der Waals surface area contributed by atoms with E-state index in [0.29, 0.717) is 5.69 Å². The summed E-state index contributed by atoms with van der Waals surface area (Å²) in [6.07, 6.45) is 2.00. The van der Waals surface area contributed by atoms with Crippen molar-refractivity contribution in [3.63, 3.8) is 0 Å². The van der Waals surface area contributed by atoms with Gasteiger partial charge < -0.3 is 5.32 Å². The SMILES string of the molecule is Cc1ccc([N+](=O)[O-])c(NC2CCc3ccccc32)c1. The fourth-order valence-corrected chi connectivity index (χ4v) is 2.82. The number of nitrogens with one attached hydrogen (secondary N) is 1. The zero-order chi connectivity index (χ0) is 14.1. The predicted octanol–water partition coefficient (Wildman–Crippen LogP) is 4.00. The lowest BCUT2D eigenvalue weighted by Crippen LogP contribution is -2.09. The minimum absolute atomic E-state index is 0.139. The molecule has 20 heavy (non-hydrogen) atoms. The van der Waals surface area contributed by atoms with Crippen LogP contribution in [0.15, 0.2) is 42.5 Å². The summed E-state index contributed by atoms with van der Waals surface area (Å²) in [5.41, 5.74) is 4.35. The summed E-state index contributed by atoms with van der Waals surface area (Å²) in [7, 11) is 0. The molecule has 2 aromatic carbocycles. The lowest BCUT2D eigenvalue weighted by atomic mass is 10.1. The fraction of sp³-hybridized carbons (Fsp3) is 0.250. The number of benzene rings is 2. The van der Waals surface area contributed by atoms with Crippen LogP contribution in [0, 0.1) is 17.0 Å². The number of rotatable bonds is 3. The van der Waals surface area contributed by atoms with Crippen LogP contribution in [0.4, 0.5) is 11.4 Å². The van der Waals surface area contributed by atoms with Crippen LogP contribution < -0.4 is 5.32 Å². The van der Waals surface area contributed by atoms with Gasteiger partial charge in [0, 0.05) is 6.07 Å². The first kappa shape index (κ1) is 12.7. The Morgan fingerprint density at radius 3 is 2.85 bits per heavy atom. The third-order valence-electron chi connectivity index (χ3n) is 3.81. The number of nitro benzene ring substituents is 1. The van der Waals surface area contributed by atoms with Crippen LogP contribution in [0.2, 0.25) is 0 Å². The Kier molecular flexibility index (Phi) is 3.14. The Labute approximate surface area is 117 Å². The number of nitro groups is 1. The van der Waals surface area contributed by atoms with Crippen LogP contribution in [0.25, 0.3) is 0 Å². The molecule has 1 atom stereocenters. The van der Waals surface area contributed by atoms with Crippen molar-refractivity contribution in [3.05, 3.63) is 69.3 Å². The monoisotopic (exact) mass is 268 g/mol. The highest BCUT2D eigenvalue weighted by Crippen LogP contribution is 2.36. The first-order valence-electron chi connectivity index (χ1n) is 6.74. The van der Waals surface area contributed by atoms with Gasteiger partial charge in [0.1, 0.15) is 5.69 Å². The fourth-order valence-electron chi connectivity index (χ4n) is 2.82. The van der Waals surface area contributed by atoms with E-state index in [9.17, 15) is 10.1 Å². The Balaban J connectivity index is 1.93. The highest BCUT2D eigenvalue weighted by Gasteiger charge is 2.24. The molecular weight excluding hydrogens is 252 g/mol. The van der Waals surface area contributed by atoms with Gasteiger partial charge in [0.25, 0.3) is 5.69 Å². The van der Waals surface area contributed by atoms with E-state index in [-0.39, 0.29) is 16.7 Å². The van der Waals surface area contributed by atoms with Gasteiger partial charge in [-0.05, 0) is 42.5 Å². The second kappa shape index (κ2) is 4.96. The average Bonchev–Trinajstić information content (AvgIpc) is 2.82. The normalized spacial score (nSPS) is 16.8. The van der Waals surface area contributed by atoms with Gasteiger partial charge in [-0.2, -0.15) is 0 Å². The average molecular weight is 268 g/mol. The Hall–Kier alpha value is -2.36. The van der Waals surface area contributed by atoms with E-state index in [1.54, 1.807) is 12.1 Å². The standard InChI is InChI=1S/C16H16N2O2/c1-11-6-9-16(18(19)20)15(10-11)17-14-8-7-12-4-2-3-5-13(12)14/h2-6,9-10,14,17H,7-8H2,1H3. The van der Waals surface area contributed by atoms with E-state index in [2.05, 4.69) is 17.4 Å². The van der Waals surface area contributed by atoms with Crippen molar-refractivity contribution in [2.45, 2.75) is 25.8 Å². The van der Waals surface area contributed by atoms with Gasteiger partial charge in [0.15, 0.2) is 0 Å². The topological polar surface area (TPSA) is 55.2 Å². The number of hydrogen-bond acceptors (Lipinski definition) is 3. The molecule has 102 valence electrons. The summed E-state index contributed by atoms with van der Waals surface area (Å²) in [6, 6.07) is 13.6. The molecule has 0 radical (unpaired) electrons. The molecule has 4 nitrogen and oxygen atoms in total. The van der Waals surface area contributed by atoms with Gasteiger partial charge >= 0.3 is 0 Å². The quantitative estimate of drug-likeness (QED) is 0.676. The molecule has 1 unspecified atom stereocenters. The summed E-state index contributed by atoms with van der Waals surface area (Å²) in [6.45, 7) is 1.94. The molecule has 0 saturated carbocycles. The zero-order valence-corrected chi connectivity index (χ0v) is 11.3. The van der Waals surface area contributed by atoms with Crippen molar-refractivity contribution in [2.75, 3.05) is 5.32 Å². The van der Waals surface area contributed by atoms with Crippen LogP contribution in [0.5, 0.6) is 0 Å². The van der Waals surface area contributed by atoms with Gasteiger partial charge in [0.05, 0.1) is 11.0 Å². The number of nitrogens with zero attached hydrogens (tertiary/aromatic N) is 1. The molecule has 2 aromatic rings. The maximum Gasteiger partial charge on any atom is 0.292 e. The Morgan fingerprint density at radius 1 is 1.25 bits per heavy atom. The number of fused-ring (bicyclic) bond motifs is 1. The van der Waals surface area contributed by atoms with Crippen molar-refractivity contribution in [2.24, 2.45) is 0 Å². The maximum absolute atomic E-state index is 11.1. The molecule has 1 aliphatic carbocycles. The molecule has 1 N–H and O–H groups in total. The first-order chi connectivity index (χ1) is 9.65. The van der Waals surface area contributed by atoms with Gasteiger partial charge in [-0.25, -0.2) is 0 Å². The summed E-state index contributed by atoms with van der Waals surface area (Å²) >= 11 is 0. The van der Waals surface area contributed by atoms with E-state index in [4.69, 9.17) is 0 Å². The predicted molar refractivity (Wildman–Crippen MR) is 79.0 cm³/mol. The zero-order valence-electron chi connectivity index (χ0n) is 11.3. The maximum atomic E-state index is 11.1. The minimum Gasteiger partial charge on any atom is -0.373 e. The molecule has 0 fully saturated rings. The van der Waals surface area contributed by atoms with Crippen LogP contribution in [0.3, 0.4) is 0 Å². The largest absolute Gasteiger partial charge is 0.373 e. The molecule has 0 saturated heterocycles. The van der Waals surface area contributed by atoms with E-state index in [1.807, 2.05) is 25.1 Å².